The summed E-state index contributed by atoms with van der Waals surface area (Å²) in [6.07, 6.45) is 2.10. The van der Waals surface area contributed by atoms with Crippen LogP contribution in [0.25, 0.3) is 0 Å². The summed E-state index contributed by atoms with van der Waals surface area (Å²) in [5.41, 5.74) is 2.82. The lowest BCUT2D eigenvalue weighted by molar-refractivity contribution is -0.137. The van der Waals surface area contributed by atoms with Gasteiger partial charge in [0.1, 0.15) is 5.03 Å². The van der Waals surface area contributed by atoms with Crippen LogP contribution in [-0.4, -0.2) is 28.5 Å². The van der Waals surface area contributed by atoms with Crippen molar-refractivity contribution in [1.29, 1.82) is 0 Å². The van der Waals surface area contributed by atoms with Crippen LogP contribution in [0.15, 0.2) is 46.5 Å². The summed E-state index contributed by atoms with van der Waals surface area (Å²) in [4.78, 5) is 28.2. The van der Waals surface area contributed by atoms with Gasteiger partial charge in [-0.3, -0.25) is 9.59 Å². The van der Waals surface area contributed by atoms with Crippen LogP contribution in [0.2, 0.25) is 0 Å². The number of carbonyl (C=O) groups excluding carboxylic acids is 1. The van der Waals surface area contributed by atoms with Gasteiger partial charge in [0, 0.05) is 24.1 Å². The van der Waals surface area contributed by atoms with Crippen LogP contribution < -0.4 is 5.32 Å². The second-order valence-corrected chi connectivity index (χ2v) is 6.51. The van der Waals surface area contributed by atoms with Crippen molar-refractivity contribution < 1.29 is 14.7 Å². The third-order valence-electron chi connectivity index (χ3n) is 3.41. The molecule has 1 aromatic heterocycles. The Balaban J connectivity index is 2.09. The molecule has 0 unspecified atom stereocenters. The first-order valence-corrected chi connectivity index (χ1v) is 8.49. The molecule has 2 N–H and O–H groups in total. The Kier molecular flexibility index (Phi) is 6.37. The van der Waals surface area contributed by atoms with Crippen molar-refractivity contribution in [3.8, 4) is 0 Å². The summed E-state index contributed by atoms with van der Waals surface area (Å²) >= 11 is 1.46. The third kappa shape index (κ3) is 5.09. The highest BCUT2D eigenvalue weighted by Gasteiger charge is 2.14. The molecule has 0 aliphatic heterocycles. The number of carboxylic acids is 1. The number of rotatable bonds is 7. The molecule has 0 radical (unpaired) electrons. The van der Waals surface area contributed by atoms with Crippen molar-refractivity contribution in [1.82, 2.24) is 10.3 Å². The van der Waals surface area contributed by atoms with E-state index in [1.807, 2.05) is 26.0 Å². The van der Waals surface area contributed by atoms with E-state index in [4.69, 9.17) is 5.11 Å². The van der Waals surface area contributed by atoms with Crippen LogP contribution in [0.3, 0.4) is 0 Å². The smallest absolute Gasteiger partial charge is 0.303 e. The number of hydrogen-bond donors (Lipinski definition) is 2. The fourth-order valence-corrected chi connectivity index (χ4v) is 3.15. The molecule has 0 bridgehead atoms. The van der Waals surface area contributed by atoms with Crippen LogP contribution in [-0.2, 0) is 4.79 Å². The average Bonchev–Trinajstić information content (AvgIpc) is 2.54. The van der Waals surface area contributed by atoms with E-state index in [9.17, 15) is 9.59 Å². The molecule has 0 fully saturated rings. The minimum Gasteiger partial charge on any atom is -0.481 e. The van der Waals surface area contributed by atoms with Gasteiger partial charge in [0.2, 0.25) is 0 Å². The Morgan fingerprint density at radius 2 is 2.04 bits per heavy atom. The predicted molar refractivity (Wildman–Crippen MR) is 93.5 cm³/mol. The molecule has 0 saturated heterocycles. The van der Waals surface area contributed by atoms with Crippen molar-refractivity contribution in [2.24, 2.45) is 0 Å². The molecule has 2 aromatic rings. The van der Waals surface area contributed by atoms with Crippen LogP contribution in [0.5, 0.6) is 0 Å². The van der Waals surface area contributed by atoms with E-state index in [1.54, 1.807) is 18.3 Å². The normalized spacial score (nSPS) is 10.4. The Bertz CT molecular complexity index is 747. The van der Waals surface area contributed by atoms with E-state index in [-0.39, 0.29) is 12.3 Å². The highest BCUT2D eigenvalue weighted by atomic mass is 32.2. The highest BCUT2D eigenvalue weighted by Crippen LogP contribution is 2.31. The number of aliphatic carboxylic acids is 1. The number of carboxylic acid groups (broad SMARTS) is 1. The minimum absolute atomic E-state index is 0.0392. The molecule has 0 saturated carbocycles. The molecule has 2 rings (SSSR count). The summed E-state index contributed by atoms with van der Waals surface area (Å²) in [5, 5.41) is 12.0. The van der Waals surface area contributed by atoms with Gasteiger partial charge in [-0.05, 0) is 44.0 Å². The van der Waals surface area contributed by atoms with Gasteiger partial charge in [-0.2, -0.15) is 0 Å². The first-order valence-electron chi connectivity index (χ1n) is 7.67. The van der Waals surface area contributed by atoms with Crippen LogP contribution in [0.1, 0.15) is 34.3 Å². The Labute approximate surface area is 145 Å². The summed E-state index contributed by atoms with van der Waals surface area (Å²) in [7, 11) is 0. The molecule has 126 valence electrons. The Morgan fingerprint density at radius 1 is 1.25 bits per heavy atom. The second kappa shape index (κ2) is 8.49. The molecule has 0 atom stereocenters. The van der Waals surface area contributed by atoms with Gasteiger partial charge in [-0.15, -0.1) is 0 Å². The average molecular weight is 344 g/mol. The van der Waals surface area contributed by atoms with Gasteiger partial charge in [0.25, 0.3) is 5.91 Å². The summed E-state index contributed by atoms with van der Waals surface area (Å²) in [6.45, 7) is 4.40. The topological polar surface area (TPSA) is 79.3 Å². The lowest BCUT2D eigenvalue weighted by atomic mass is 10.2. The van der Waals surface area contributed by atoms with Crippen LogP contribution >= 0.6 is 11.8 Å². The largest absolute Gasteiger partial charge is 0.481 e. The fourth-order valence-electron chi connectivity index (χ4n) is 2.20. The van der Waals surface area contributed by atoms with Gasteiger partial charge in [0.15, 0.2) is 0 Å². The molecule has 5 nitrogen and oxygen atoms in total. The number of aryl methyl sites for hydroxylation is 2. The van der Waals surface area contributed by atoms with E-state index in [0.29, 0.717) is 23.6 Å². The summed E-state index contributed by atoms with van der Waals surface area (Å²) in [5.74, 6) is -1.10. The monoisotopic (exact) mass is 344 g/mol. The maximum Gasteiger partial charge on any atom is 0.303 e. The van der Waals surface area contributed by atoms with Gasteiger partial charge in [0.05, 0.1) is 5.56 Å². The van der Waals surface area contributed by atoms with E-state index in [1.165, 1.54) is 17.3 Å². The molecule has 1 aromatic carbocycles. The van der Waals surface area contributed by atoms with Gasteiger partial charge in [-0.25, -0.2) is 4.98 Å². The van der Waals surface area contributed by atoms with Crippen LogP contribution in [0.4, 0.5) is 0 Å². The van der Waals surface area contributed by atoms with Crippen molar-refractivity contribution in [2.75, 3.05) is 6.54 Å². The minimum atomic E-state index is -0.864. The number of benzene rings is 1. The fraction of sp³-hybridized carbons (Fsp3) is 0.278. The molecule has 1 amide bonds. The summed E-state index contributed by atoms with van der Waals surface area (Å²) < 4.78 is 0. The van der Waals surface area contributed by atoms with Crippen molar-refractivity contribution in [3.63, 3.8) is 0 Å². The molecule has 1 heterocycles. The zero-order valence-electron chi connectivity index (χ0n) is 13.7. The predicted octanol–water partition coefficient (Wildman–Crippen LogP) is 3.44. The Morgan fingerprint density at radius 3 is 2.75 bits per heavy atom. The van der Waals surface area contributed by atoms with Crippen molar-refractivity contribution in [2.45, 2.75) is 36.6 Å². The number of nitrogens with one attached hydrogen (secondary N) is 1. The maximum atomic E-state index is 12.3. The summed E-state index contributed by atoms with van der Waals surface area (Å²) in [6, 6.07) is 9.60. The maximum absolute atomic E-state index is 12.3. The quantitative estimate of drug-likeness (QED) is 0.752. The zero-order chi connectivity index (χ0) is 17.5. The molecule has 6 heteroatoms. The molecule has 24 heavy (non-hydrogen) atoms. The van der Waals surface area contributed by atoms with Gasteiger partial charge in [-0.1, -0.05) is 29.5 Å². The van der Waals surface area contributed by atoms with E-state index >= 15 is 0 Å². The van der Waals surface area contributed by atoms with Crippen LogP contribution in [0, 0.1) is 13.8 Å². The van der Waals surface area contributed by atoms with Crippen molar-refractivity contribution >= 4 is 23.6 Å². The standard InChI is InChI=1S/C18H20N2O3S/c1-12-7-8-15(13(2)11-12)24-18-14(5-3-10-20-18)17(23)19-9-4-6-16(21)22/h3,5,7-8,10-11H,4,6,9H2,1-2H3,(H,19,23)(H,21,22). The third-order valence-corrected chi connectivity index (χ3v) is 4.60. The number of nitrogens with zero attached hydrogens (tertiary/aromatic N) is 1. The molecule has 0 spiro atoms. The van der Waals surface area contributed by atoms with Gasteiger partial charge < -0.3 is 10.4 Å². The highest BCUT2D eigenvalue weighted by molar-refractivity contribution is 7.99. The van der Waals surface area contributed by atoms with E-state index < -0.39 is 5.97 Å². The van der Waals surface area contributed by atoms with E-state index in [2.05, 4.69) is 16.4 Å². The Hall–Kier alpha value is -2.34. The zero-order valence-corrected chi connectivity index (χ0v) is 14.5. The first-order chi connectivity index (χ1) is 11.5. The molecular formula is C18H20N2O3S. The second-order valence-electron chi connectivity index (χ2n) is 5.48. The number of carbonyl (C=O) groups is 2. The molecule has 0 aliphatic rings. The first kappa shape index (κ1) is 18.0. The van der Waals surface area contributed by atoms with E-state index in [0.717, 1.165) is 10.5 Å². The van der Waals surface area contributed by atoms with Crippen molar-refractivity contribution in [3.05, 3.63) is 53.2 Å². The lowest BCUT2D eigenvalue weighted by Crippen LogP contribution is -2.25. The van der Waals surface area contributed by atoms with Gasteiger partial charge >= 0.3 is 5.97 Å². The lowest BCUT2D eigenvalue weighted by Gasteiger charge is -2.10. The SMILES string of the molecule is Cc1ccc(Sc2ncccc2C(=O)NCCCC(=O)O)c(C)c1. The number of hydrogen-bond acceptors (Lipinski definition) is 4. The molecule has 0 aliphatic carbocycles. The number of pyridine rings is 1. The number of aromatic nitrogens is 1. The molecular weight excluding hydrogens is 324 g/mol. The number of amides is 1.